The van der Waals surface area contributed by atoms with E-state index in [-0.39, 0.29) is 0 Å². The molecule has 2 N–H and O–H groups in total. The van der Waals surface area contributed by atoms with Gasteiger partial charge in [-0.25, -0.2) is 4.98 Å². The highest BCUT2D eigenvalue weighted by molar-refractivity contribution is 5.84. The first-order valence-corrected chi connectivity index (χ1v) is 7.04. The summed E-state index contributed by atoms with van der Waals surface area (Å²) in [7, 11) is 1.66. The number of imidazole rings is 1. The van der Waals surface area contributed by atoms with Gasteiger partial charge in [0.1, 0.15) is 17.1 Å². The Morgan fingerprint density at radius 1 is 1.29 bits per heavy atom. The van der Waals surface area contributed by atoms with Crippen LogP contribution in [0.15, 0.2) is 36.7 Å². The Labute approximate surface area is 122 Å². The van der Waals surface area contributed by atoms with Crippen molar-refractivity contribution in [2.75, 3.05) is 12.8 Å². The van der Waals surface area contributed by atoms with Crippen LogP contribution in [-0.4, -0.2) is 21.6 Å². The van der Waals surface area contributed by atoms with Gasteiger partial charge < -0.3 is 15.0 Å². The lowest BCUT2D eigenvalue weighted by Crippen LogP contribution is -2.00. The van der Waals surface area contributed by atoms with Crippen LogP contribution in [0.25, 0.3) is 22.4 Å². The molecule has 0 unspecified atom stereocenters. The Hall–Kier alpha value is -2.56. The Morgan fingerprint density at radius 3 is 2.90 bits per heavy atom. The number of benzene rings is 1. The van der Waals surface area contributed by atoms with Crippen LogP contribution in [0.2, 0.25) is 0 Å². The maximum absolute atomic E-state index is 6.16. The van der Waals surface area contributed by atoms with E-state index < -0.39 is 0 Å². The minimum absolute atomic E-state index is 0.512. The number of hydrogen-bond acceptors (Lipinski definition) is 4. The second kappa shape index (κ2) is 4.48. The first kappa shape index (κ1) is 12.2. The summed E-state index contributed by atoms with van der Waals surface area (Å²) in [6.07, 6.45) is 5.98. The average molecular weight is 280 g/mol. The van der Waals surface area contributed by atoms with Crippen molar-refractivity contribution < 1.29 is 4.74 Å². The predicted octanol–water partition coefficient (Wildman–Crippen LogP) is 3.02. The number of nitrogens with two attached hydrogens (primary N) is 1. The molecular formula is C16H16N4O. The lowest BCUT2D eigenvalue weighted by molar-refractivity contribution is 0.415. The summed E-state index contributed by atoms with van der Waals surface area (Å²) in [6.45, 7) is 0. The standard InChI is InChI=1S/C16H16N4O/c1-21-11-4-5-13(17)12(8-11)16-19-14-9-18-7-6-15(14)20(16)10-2-3-10/h4-10H,2-3,17H2,1H3. The van der Waals surface area contributed by atoms with Crippen molar-refractivity contribution in [3.8, 4) is 17.1 Å². The summed E-state index contributed by atoms with van der Waals surface area (Å²) in [5.41, 5.74) is 9.81. The molecule has 5 nitrogen and oxygen atoms in total. The van der Waals surface area contributed by atoms with Gasteiger partial charge in [-0.1, -0.05) is 0 Å². The van der Waals surface area contributed by atoms with E-state index in [1.54, 1.807) is 13.3 Å². The maximum Gasteiger partial charge on any atom is 0.143 e. The molecule has 0 radical (unpaired) electrons. The topological polar surface area (TPSA) is 66.0 Å². The summed E-state index contributed by atoms with van der Waals surface area (Å²) >= 11 is 0. The van der Waals surface area contributed by atoms with Gasteiger partial charge in [0.15, 0.2) is 0 Å². The number of fused-ring (bicyclic) bond motifs is 1. The van der Waals surface area contributed by atoms with Crippen LogP contribution in [0, 0.1) is 0 Å². The molecule has 1 aliphatic rings. The summed E-state index contributed by atoms with van der Waals surface area (Å²) in [6, 6.07) is 8.20. The molecule has 1 aromatic carbocycles. The molecule has 0 aliphatic heterocycles. The van der Waals surface area contributed by atoms with Gasteiger partial charge in [-0.15, -0.1) is 0 Å². The number of nitrogens with zero attached hydrogens (tertiary/aromatic N) is 3. The van der Waals surface area contributed by atoms with Crippen LogP contribution < -0.4 is 10.5 Å². The molecule has 3 aromatic rings. The quantitative estimate of drug-likeness (QED) is 0.749. The van der Waals surface area contributed by atoms with Crippen LogP contribution in [0.1, 0.15) is 18.9 Å². The van der Waals surface area contributed by atoms with Gasteiger partial charge in [-0.3, -0.25) is 4.98 Å². The van der Waals surface area contributed by atoms with Crippen molar-refractivity contribution in [2.24, 2.45) is 0 Å². The smallest absolute Gasteiger partial charge is 0.143 e. The summed E-state index contributed by atoms with van der Waals surface area (Å²) in [5, 5.41) is 0. The highest BCUT2D eigenvalue weighted by Crippen LogP contribution is 2.42. The van der Waals surface area contributed by atoms with E-state index in [1.807, 2.05) is 30.5 Å². The number of nitrogen functional groups attached to an aromatic ring is 1. The number of ether oxygens (including phenoxy) is 1. The SMILES string of the molecule is COc1ccc(N)c(-c2nc3cnccc3n2C2CC2)c1. The molecule has 1 aliphatic carbocycles. The van der Waals surface area contributed by atoms with Gasteiger partial charge in [-0.05, 0) is 37.1 Å². The molecular weight excluding hydrogens is 264 g/mol. The number of pyridine rings is 1. The largest absolute Gasteiger partial charge is 0.497 e. The van der Waals surface area contributed by atoms with E-state index in [1.165, 1.54) is 12.8 Å². The van der Waals surface area contributed by atoms with E-state index in [0.717, 1.165) is 28.2 Å². The number of methoxy groups -OCH3 is 1. The first-order chi connectivity index (χ1) is 10.3. The zero-order chi connectivity index (χ0) is 14.4. The number of rotatable bonds is 3. The summed E-state index contributed by atoms with van der Waals surface area (Å²) in [5.74, 6) is 1.68. The van der Waals surface area contributed by atoms with Crippen molar-refractivity contribution in [2.45, 2.75) is 18.9 Å². The van der Waals surface area contributed by atoms with Gasteiger partial charge in [0, 0.05) is 23.5 Å². The van der Waals surface area contributed by atoms with Crippen molar-refractivity contribution in [1.82, 2.24) is 14.5 Å². The van der Waals surface area contributed by atoms with E-state index in [4.69, 9.17) is 15.5 Å². The molecule has 0 spiro atoms. The third-order valence-electron chi connectivity index (χ3n) is 3.91. The van der Waals surface area contributed by atoms with E-state index in [9.17, 15) is 0 Å². The van der Waals surface area contributed by atoms with Gasteiger partial charge in [0.05, 0.1) is 18.8 Å². The molecule has 106 valence electrons. The van der Waals surface area contributed by atoms with Crippen molar-refractivity contribution in [3.05, 3.63) is 36.7 Å². The van der Waals surface area contributed by atoms with Crippen LogP contribution >= 0.6 is 0 Å². The maximum atomic E-state index is 6.16. The molecule has 21 heavy (non-hydrogen) atoms. The van der Waals surface area contributed by atoms with Crippen LogP contribution in [-0.2, 0) is 0 Å². The zero-order valence-electron chi connectivity index (χ0n) is 11.8. The fourth-order valence-corrected chi connectivity index (χ4v) is 2.70. The molecule has 5 heteroatoms. The highest BCUT2D eigenvalue weighted by atomic mass is 16.5. The molecule has 0 bridgehead atoms. The third kappa shape index (κ3) is 1.93. The van der Waals surface area contributed by atoms with E-state index >= 15 is 0 Å². The lowest BCUT2D eigenvalue weighted by atomic mass is 10.1. The van der Waals surface area contributed by atoms with E-state index in [0.29, 0.717) is 11.7 Å². The number of aromatic nitrogens is 3. The predicted molar refractivity (Wildman–Crippen MR) is 82.2 cm³/mol. The fraction of sp³-hybridized carbons (Fsp3) is 0.250. The first-order valence-electron chi connectivity index (χ1n) is 7.04. The minimum Gasteiger partial charge on any atom is -0.497 e. The minimum atomic E-state index is 0.512. The monoisotopic (exact) mass is 280 g/mol. The van der Waals surface area contributed by atoms with Gasteiger partial charge in [0.2, 0.25) is 0 Å². The number of anilines is 1. The van der Waals surface area contributed by atoms with Crippen LogP contribution in [0.3, 0.4) is 0 Å². The second-order valence-corrected chi connectivity index (χ2v) is 5.35. The van der Waals surface area contributed by atoms with Crippen molar-refractivity contribution in [3.63, 3.8) is 0 Å². The molecule has 2 heterocycles. The Balaban J connectivity index is 2.00. The summed E-state index contributed by atoms with van der Waals surface area (Å²) < 4.78 is 7.60. The Kier molecular flexibility index (Phi) is 2.60. The van der Waals surface area contributed by atoms with Crippen LogP contribution in [0.4, 0.5) is 5.69 Å². The molecule has 0 amide bonds. The van der Waals surface area contributed by atoms with E-state index in [2.05, 4.69) is 9.55 Å². The van der Waals surface area contributed by atoms with Crippen molar-refractivity contribution in [1.29, 1.82) is 0 Å². The zero-order valence-corrected chi connectivity index (χ0v) is 11.8. The van der Waals surface area contributed by atoms with Gasteiger partial charge in [0.25, 0.3) is 0 Å². The Bertz CT molecular complexity index is 820. The molecule has 4 rings (SSSR count). The van der Waals surface area contributed by atoms with Crippen LogP contribution in [0.5, 0.6) is 5.75 Å². The molecule has 2 aromatic heterocycles. The lowest BCUT2D eigenvalue weighted by Gasteiger charge is -2.11. The van der Waals surface area contributed by atoms with Gasteiger partial charge >= 0.3 is 0 Å². The van der Waals surface area contributed by atoms with Crippen molar-refractivity contribution >= 4 is 16.7 Å². The average Bonchev–Trinajstić information content (AvgIpc) is 3.28. The molecule has 0 atom stereocenters. The molecule has 1 saturated carbocycles. The highest BCUT2D eigenvalue weighted by Gasteiger charge is 2.29. The molecule has 1 fully saturated rings. The summed E-state index contributed by atoms with van der Waals surface area (Å²) in [4.78, 5) is 8.91. The van der Waals surface area contributed by atoms with Gasteiger partial charge in [-0.2, -0.15) is 0 Å². The third-order valence-corrected chi connectivity index (χ3v) is 3.91. The number of hydrogen-bond donors (Lipinski definition) is 1. The molecule has 0 saturated heterocycles. The fourth-order valence-electron chi connectivity index (χ4n) is 2.70. The second-order valence-electron chi connectivity index (χ2n) is 5.35. The normalized spacial score (nSPS) is 14.5. The Morgan fingerprint density at radius 2 is 2.14 bits per heavy atom.